The summed E-state index contributed by atoms with van der Waals surface area (Å²) in [4.78, 5) is 28.2. The number of alkyl halides is 3. The van der Waals surface area contributed by atoms with Crippen molar-refractivity contribution in [2.75, 3.05) is 4.90 Å². The molecule has 41 heavy (non-hydrogen) atoms. The fourth-order valence-corrected chi connectivity index (χ4v) is 6.42. The predicted molar refractivity (Wildman–Crippen MR) is 141 cm³/mol. The van der Waals surface area contributed by atoms with Crippen LogP contribution in [0.15, 0.2) is 42.7 Å². The molecule has 2 fully saturated rings. The number of benzene rings is 2. The molecule has 0 radical (unpaired) electrons. The van der Waals surface area contributed by atoms with Gasteiger partial charge in [0.2, 0.25) is 0 Å². The summed E-state index contributed by atoms with van der Waals surface area (Å²) in [7, 11) is 1.81. The molecule has 3 aromatic rings. The van der Waals surface area contributed by atoms with E-state index in [0.29, 0.717) is 30.8 Å². The second-order valence-corrected chi connectivity index (χ2v) is 11.6. The van der Waals surface area contributed by atoms with Crippen LogP contribution in [0.2, 0.25) is 0 Å². The molecule has 1 saturated heterocycles. The average Bonchev–Trinajstić information content (AvgIpc) is 3.46. The van der Waals surface area contributed by atoms with Crippen molar-refractivity contribution in [3.05, 3.63) is 76.4 Å². The number of ether oxygens (including phenoxy) is 1. The Bertz CT molecular complexity index is 1540. The largest absolute Gasteiger partial charge is 0.465 e. The van der Waals surface area contributed by atoms with E-state index in [1.807, 2.05) is 13.0 Å². The van der Waals surface area contributed by atoms with Crippen molar-refractivity contribution in [3.63, 3.8) is 0 Å². The van der Waals surface area contributed by atoms with Crippen LogP contribution in [-0.2, 0) is 36.7 Å². The molecule has 216 valence electrons. The number of fused-ring (bicyclic) bond motifs is 1. The van der Waals surface area contributed by atoms with E-state index in [1.165, 1.54) is 15.9 Å². The monoisotopic (exact) mass is 569 g/mol. The molecular formula is C29H30F3N5O4. The Labute approximate surface area is 234 Å². The molecule has 12 heteroatoms. The minimum Gasteiger partial charge on any atom is -0.465 e. The molecule has 0 unspecified atom stereocenters. The summed E-state index contributed by atoms with van der Waals surface area (Å²) >= 11 is 0. The van der Waals surface area contributed by atoms with Crippen LogP contribution >= 0.6 is 0 Å². The van der Waals surface area contributed by atoms with Crippen molar-refractivity contribution in [2.24, 2.45) is 7.05 Å². The molecule has 6 rings (SSSR count). The molecule has 0 bridgehead atoms. The number of carboxylic acid groups (broad SMARTS) is 1. The number of rotatable bonds is 6. The summed E-state index contributed by atoms with van der Waals surface area (Å²) in [5.74, 6) is 0.0211. The topological polar surface area (TPSA) is 101 Å². The van der Waals surface area contributed by atoms with Crippen LogP contribution in [0.4, 0.5) is 23.7 Å². The van der Waals surface area contributed by atoms with Crippen molar-refractivity contribution in [1.82, 2.24) is 19.7 Å². The van der Waals surface area contributed by atoms with Gasteiger partial charge in [0.15, 0.2) is 11.4 Å². The van der Waals surface area contributed by atoms with Crippen LogP contribution in [0, 0.1) is 0 Å². The number of aromatic nitrogens is 3. The van der Waals surface area contributed by atoms with E-state index in [2.05, 4.69) is 10.2 Å². The third-order valence-corrected chi connectivity index (χ3v) is 8.73. The summed E-state index contributed by atoms with van der Waals surface area (Å²) in [6.07, 6.45) is -1.64. The Kier molecular flexibility index (Phi) is 6.18. The first-order valence-corrected chi connectivity index (χ1v) is 13.5. The molecule has 0 spiro atoms. The van der Waals surface area contributed by atoms with Crippen LogP contribution in [0.5, 0.6) is 0 Å². The summed E-state index contributed by atoms with van der Waals surface area (Å²) in [5.41, 5.74) is -1.36. The van der Waals surface area contributed by atoms with Gasteiger partial charge in [0.05, 0.1) is 18.2 Å². The molecule has 2 amide bonds. The van der Waals surface area contributed by atoms with Gasteiger partial charge >= 0.3 is 12.3 Å². The zero-order chi connectivity index (χ0) is 29.3. The average molecular weight is 570 g/mol. The molecule has 1 aromatic heterocycles. The van der Waals surface area contributed by atoms with Gasteiger partial charge in [0.1, 0.15) is 6.33 Å². The highest BCUT2D eigenvalue weighted by Crippen LogP contribution is 2.48. The van der Waals surface area contributed by atoms with Crippen LogP contribution in [0.1, 0.15) is 78.0 Å². The quantitative estimate of drug-likeness (QED) is 0.423. The predicted octanol–water partition coefficient (Wildman–Crippen LogP) is 5.47. The zero-order valence-corrected chi connectivity index (χ0v) is 22.9. The summed E-state index contributed by atoms with van der Waals surface area (Å²) in [5, 5.41) is 18.0. The molecular weight excluding hydrogens is 539 g/mol. The van der Waals surface area contributed by atoms with Crippen molar-refractivity contribution < 1.29 is 32.6 Å². The lowest BCUT2D eigenvalue weighted by Gasteiger charge is -2.46. The lowest BCUT2D eigenvalue weighted by Crippen LogP contribution is -2.53. The van der Waals surface area contributed by atoms with Crippen LogP contribution in [-0.4, -0.2) is 48.4 Å². The van der Waals surface area contributed by atoms with Gasteiger partial charge in [-0.25, -0.2) is 4.79 Å². The summed E-state index contributed by atoms with van der Waals surface area (Å²) in [6.45, 7) is 3.23. The van der Waals surface area contributed by atoms with Gasteiger partial charge in [0, 0.05) is 36.8 Å². The van der Waals surface area contributed by atoms with Gasteiger partial charge in [-0.2, -0.15) is 13.2 Å². The van der Waals surface area contributed by atoms with Crippen LogP contribution < -0.4 is 4.90 Å². The van der Waals surface area contributed by atoms with Gasteiger partial charge in [-0.1, -0.05) is 12.1 Å². The van der Waals surface area contributed by atoms with Crippen molar-refractivity contribution >= 4 is 17.7 Å². The Hall–Kier alpha value is -3.93. The minimum atomic E-state index is -4.72. The van der Waals surface area contributed by atoms with E-state index < -0.39 is 34.9 Å². The minimum absolute atomic E-state index is 0.0339. The summed E-state index contributed by atoms with van der Waals surface area (Å²) in [6, 6.07) is 9.41. The first-order chi connectivity index (χ1) is 19.3. The fourth-order valence-electron chi connectivity index (χ4n) is 6.42. The van der Waals surface area contributed by atoms with Crippen LogP contribution in [0.25, 0.3) is 0 Å². The van der Waals surface area contributed by atoms with Gasteiger partial charge in [-0.05, 0) is 74.1 Å². The molecule has 3 aliphatic rings. The smallest absolute Gasteiger partial charge is 0.416 e. The van der Waals surface area contributed by atoms with E-state index in [4.69, 9.17) is 4.74 Å². The third kappa shape index (κ3) is 4.35. The van der Waals surface area contributed by atoms with Crippen molar-refractivity contribution in [2.45, 2.75) is 76.0 Å². The fraction of sp³-hybridized carbons (Fsp3) is 0.448. The second-order valence-electron chi connectivity index (χ2n) is 11.6. The first kappa shape index (κ1) is 27.3. The number of amides is 2. The number of carbonyl (C=O) groups is 2. The number of carbonyl (C=O) groups excluding carboxylic acids is 1. The molecule has 2 aromatic carbocycles. The Balaban J connectivity index is 1.37. The third-order valence-electron chi connectivity index (χ3n) is 8.73. The number of nitrogens with zero attached hydrogens (tertiary/aromatic N) is 5. The van der Waals surface area contributed by atoms with Crippen molar-refractivity contribution in [1.29, 1.82) is 0 Å². The van der Waals surface area contributed by atoms with Gasteiger partial charge in [-0.3, -0.25) is 9.69 Å². The molecule has 2 atom stereocenters. The summed E-state index contributed by atoms with van der Waals surface area (Å²) < 4.78 is 50.9. The Morgan fingerprint density at radius 2 is 1.98 bits per heavy atom. The highest BCUT2D eigenvalue weighted by atomic mass is 19.4. The maximum absolute atomic E-state index is 14.3. The van der Waals surface area contributed by atoms with E-state index in [0.717, 1.165) is 18.1 Å². The number of hydrogen-bond donors (Lipinski definition) is 1. The van der Waals surface area contributed by atoms with Gasteiger partial charge in [0.25, 0.3) is 5.91 Å². The van der Waals surface area contributed by atoms with E-state index in [1.54, 1.807) is 43.1 Å². The highest BCUT2D eigenvalue weighted by Gasteiger charge is 2.50. The number of anilines is 1. The molecule has 2 aliphatic heterocycles. The van der Waals surface area contributed by atoms with E-state index in [-0.39, 0.29) is 35.9 Å². The number of hydrogen-bond acceptors (Lipinski definition) is 5. The Morgan fingerprint density at radius 3 is 2.54 bits per heavy atom. The van der Waals surface area contributed by atoms with Crippen molar-refractivity contribution in [3.8, 4) is 0 Å². The van der Waals surface area contributed by atoms with Gasteiger partial charge in [-0.15, -0.1) is 10.2 Å². The maximum atomic E-state index is 14.3. The van der Waals surface area contributed by atoms with Crippen LogP contribution in [0.3, 0.4) is 0 Å². The first-order valence-electron chi connectivity index (χ1n) is 13.5. The molecule has 1 saturated carbocycles. The normalized spacial score (nSPS) is 23.1. The standard InChI is InChI=1S/C29H30F3N5O4/c1-17-13-28(41-17,25-34-33-16-35(25)3)19-6-4-7-20(12-19)36-15-22-21(24(36)38)10-18(11-23(22)29(30,31)32)14-37(26(39)40)27(2)8-5-9-27/h4,6-7,10-12,16-17H,5,8-9,13-15H2,1-3H3,(H,39,40)/t17-,28+/m1/s1. The van der Waals surface area contributed by atoms with E-state index in [9.17, 15) is 27.9 Å². The Morgan fingerprint density at radius 1 is 1.24 bits per heavy atom. The highest BCUT2D eigenvalue weighted by molar-refractivity contribution is 6.10. The lowest BCUT2D eigenvalue weighted by molar-refractivity contribution is -0.184. The molecule has 9 nitrogen and oxygen atoms in total. The maximum Gasteiger partial charge on any atom is 0.416 e. The molecule has 1 N–H and O–H groups in total. The SMILES string of the molecule is C[C@@H]1C[C@](c2cccc(N3Cc4c(cc(CN(C(=O)O)C5(C)CCC5)cc4C(F)(F)F)C3=O)c2)(c2nncn2C)O1. The number of halogens is 3. The zero-order valence-electron chi connectivity index (χ0n) is 22.9. The van der Waals surface area contributed by atoms with E-state index >= 15 is 0 Å². The molecule has 3 heterocycles. The van der Waals surface area contributed by atoms with Gasteiger partial charge < -0.3 is 19.3 Å². The lowest BCUT2D eigenvalue weighted by atomic mass is 9.77. The molecule has 1 aliphatic carbocycles. The number of aryl methyl sites for hydroxylation is 1. The second kappa shape index (κ2) is 9.30.